The van der Waals surface area contributed by atoms with Gasteiger partial charge in [0.15, 0.2) is 11.5 Å². The lowest BCUT2D eigenvalue weighted by atomic mass is 10.2. The summed E-state index contributed by atoms with van der Waals surface area (Å²) in [7, 11) is 0. The van der Waals surface area contributed by atoms with Gasteiger partial charge in [-0.1, -0.05) is 6.42 Å². The van der Waals surface area contributed by atoms with Crippen LogP contribution in [0, 0.1) is 11.3 Å². The maximum absolute atomic E-state index is 9.17. The summed E-state index contributed by atoms with van der Waals surface area (Å²) < 4.78 is 5.96. The Kier molecular flexibility index (Phi) is 2.74. The summed E-state index contributed by atoms with van der Waals surface area (Å²) in [6.45, 7) is 1.60. The molecule has 1 aliphatic rings. The van der Waals surface area contributed by atoms with Gasteiger partial charge in [-0.25, -0.2) is 4.52 Å². The van der Waals surface area contributed by atoms with Crippen LogP contribution in [0.25, 0.3) is 5.65 Å². The van der Waals surface area contributed by atoms with E-state index < -0.39 is 0 Å². The summed E-state index contributed by atoms with van der Waals surface area (Å²) >= 11 is 0. The molecule has 0 amide bonds. The lowest BCUT2D eigenvalue weighted by molar-refractivity contribution is 0.592. The van der Waals surface area contributed by atoms with Crippen LogP contribution in [0.5, 0.6) is 0 Å². The van der Waals surface area contributed by atoms with Crippen molar-refractivity contribution in [2.75, 3.05) is 0 Å². The summed E-state index contributed by atoms with van der Waals surface area (Å²) in [4.78, 5) is 0. The molecular formula is C14H15N7. The molecule has 7 nitrogen and oxygen atoms in total. The van der Waals surface area contributed by atoms with Crippen molar-refractivity contribution in [3.05, 3.63) is 35.8 Å². The Hall–Kier alpha value is -2.62. The molecule has 0 saturated heterocycles. The Morgan fingerprint density at radius 3 is 3.05 bits per heavy atom. The lowest BCUT2D eigenvalue weighted by Crippen LogP contribution is -2.10. The molecule has 0 atom stereocenters. The first kappa shape index (κ1) is 12.1. The van der Waals surface area contributed by atoms with E-state index in [0.717, 1.165) is 30.3 Å². The first-order valence-corrected chi connectivity index (χ1v) is 7.20. The first-order chi connectivity index (χ1) is 10.4. The summed E-state index contributed by atoms with van der Waals surface area (Å²) in [5.74, 6) is 2.04. The van der Waals surface area contributed by atoms with Crippen molar-refractivity contribution < 1.29 is 0 Å². The minimum atomic E-state index is 0.579. The molecule has 0 aliphatic carbocycles. The zero-order valence-electron chi connectivity index (χ0n) is 11.6. The fraction of sp³-hybridized carbons (Fsp3) is 0.429. The third kappa shape index (κ3) is 1.91. The number of fused-ring (bicyclic) bond motifs is 2. The summed E-state index contributed by atoms with van der Waals surface area (Å²) in [5.41, 5.74) is 1.39. The molecule has 7 heteroatoms. The minimum Gasteiger partial charge on any atom is -0.323 e. The van der Waals surface area contributed by atoms with Gasteiger partial charge in [-0.2, -0.15) is 10.4 Å². The molecule has 0 unspecified atom stereocenters. The molecule has 0 bridgehead atoms. The van der Waals surface area contributed by atoms with Crippen LogP contribution in [-0.2, 0) is 19.5 Å². The molecule has 3 aromatic heterocycles. The highest BCUT2D eigenvalue weighted by Gasteiger charge is 2.16. The molecule has 4 heterocycles. The van der Waals surface area contributed by atoms with Gasteiger partial charge >= 0.3 is 0 Å². The molecular weight excluding hydrogens is 266 g/mol. The number of rotatable bonds is 2. The number of hydrogen-bond donors (Lipinski definition) is 0. The molecule has 0 radical (unpaired) electrons. The lowest BCUT2D eigenvalue weighted by Gasteiger charge is -2.08. The molecule has 0 N–H and O–H groups in total. The van der Waals surface area contributed by atoms with Crippen LogP contribution in [0.1, 0.15) is 36.5 Å². The summed E-state index contributed by atoms with van der Waals surface area (Å²) in [6, 6.07) is 2.18. The zero-order valence-corrected chi connectivity index (χ0v) is 11.6. The number of aryl methyl sites for hydroxylation is 1. The molecule has 3 aromatic rings. The molecule has 0 saturated carbocycles. The Morgan fingerprint density at radius 2 is 2.14 bits per heavy atom. The van der Waals surface area contributed by atoms with Crippen molar-refractivity contribution in [1.29, 1.82) is 5.26 Å². The fourth-order valence-corrected chi connectivity index (χ4v) is 2.99. The first-order valence-electron chi connectivity index (χ1n) is 7.20. The van der Waals surface area contributed by atoms with E-state index in [1.807, 2.05) is 17.0 Å². The quantitative estimate of drug-likeness (QED) is 0.711. The van der Waals surface area contributed by atoms with E-state index in [2.05, 4.69) is 25.9 Å². The maximum Gasteiger partial charge on any atom is 0.154 e. The van der Waals surface area contributed by atoms with E-state index >= 15 is 0 Å². The van der Waals surface area contributed by atoms with Crippen LogP contribution >= 0.6 is 0 Å². The Balaban J connectivity index is 1.74. The average molecular weight is 281 g/mol. The maximum atomic E-state index is 9.17. The van der Waals surface area contributed by atoms with E-state index in [4.69, 9.17) is 0 Å². The summed E-state index contributed by atoms with van der Waals surface area (Å²) in [5, 5.41) is 22.0. The van der Waals surface area contributed by atoms with E-state index in [0.29, 0.717) is 12.1 Å². The van der Waals surface area contributed by atoms with Gasteiger partial charge in [0.25, 0.3) is 0 Å². The monoisotopic (exact) mass is 281 g/mol. The molecule has 0 aromatic carbocycles. The molecule has 0 spiro atoms. The van der Waals surface area contributed by atoms with Crippen LogP contribution in [0.3, 0.4) is 0 Å². The average Bonchev–Trinajstić information content (AvgIpc) is 3.13. The van der Waals surface area contributed by atoms with Crippen molar-refractivity contribution >= 4 is 5.65 Å². The number of aromatic nitrogens is 6. The standard InChI is InChI=1S/C14H15N7/c15-8-11-9-16-21-7-6-19(14(11)21)10-13-18-17-12-4-2-1-3-5-20(12)13/h6-7,9H,1-5,10H2. The van der Waals surface area contributed by atoms with E-state index in [9.17, 15) is 5.26 Å². The normalized spacial score (nSPS) is 14.8. The van der Waals surface area contributed by atoms with Crippen LogP contribution in [0.2, 0.25) is 0 Å². The highest BCUT2D eigenvalue weighted by Crippen LogP contribution is 2.17. The van der Waals surface area contributed by atoms with Crippen LogP contribution < -0.4 is 0 Å². The third-order valence-corrected chi connectivity index (χ3v) is 4.05. The summed E-state index contributed by atoms with van der Waals surface area (Å²) in [6.07, 6.45) is 10.00. The number of imidazole rings is 1. The van der Waals surface area contributed by atoms with E-state index in [-0.39, 0.29) is 0 Å². The van der Waals surface area contributed by atoms with Crippen molar-refractivity contribution in [3.8, 4) is 6.07 Å². The number of nitrogens with zero attached hydrogens (tertiary/aromatic N) is 7. The molecule has 1 aliphatic heterocycles. The van der Waals surface area contributed by atoms with E-state index in [1.165, 1.54) is 19.3 Å². The fourth-order valence-electron chi connectivity index (χ4n) is 2.99. The Morgan fingerprint density at radius 1 is 1.19 bits per heavy atom. The largest absolute Gasteiger partial charge is 0.323 e. The second-order valence-corrected chi connectivity index (χ2v) is 5.36. The van der Waals surface area contributed by atoms with Gasteiger partial charge in [0, 0.05) is 25.4 Å². The van der Waals surface area contributed by atoms with Gasteiger partial charge in [0.05, 0.1) is 12.7 Å². The molecule has 21 heavy (non-hydrogen) atoms. The molecule has 4 rings (SSSR count). The van der Waals surface area contributed by atoms with E-state index in [1.54, 1.807) is 10.7 Å². The second-order valence-electron chi connectivity index (χ2n) is 5.36. The van der Waals surface area contributed by atoms with Crippen LogP contribution in [0.4, 0.5) is 0 Å². The topological polar surface area (TPSA) is 76.7 Å². The predicted octanol–water partition coefficient (Wildman–Crippen LogP) is 1.37. The second kappa shape index (κ2) is 4.74. The Labute approximate surface area is 121 Å². The minimum absolute atomic E-state index is 0.579. The van der Waals surface area contributed by atoms with Crippen molar-refractivity contribution in [1.82, 2.24) is 28.9 Å². The molecule has 106 valence electrons. The van der Waals surface area contributed by atoms with Gasteiger partial charge < -0.3 is 9.13 Å². The van der Waals surface area contributed by atoms with Crippen molar-refractivity contribution in [3.63, 3.8) is 0 Å². The van der Waals surface area contributed by atoms with Gasteiger partial charge in [0.1, 0.15) is 17.5 Å². The van der Waals surface area contributed by atoms with Gasteiger partial charge in [-0.15, -0.1) is 10.2 Å². The van der Waals surface area contributed by atoms with Crippen LogP contribution in [0.15, 0.2) is 18.6 Å². The smallest absolute Gasteiger partial charge is 0.154 e. The Bertz CT molecular complexity index is 829. The highest BCUT2D eigenvalue weighted by molar-refractivity contribution is 5.55. The van der Waals surface area contributed by atoms with Gasteiger partial charge in [-0.3, -0.25) is 0 Å². The number of nitriles is 1. The van der Waals surface area contributed by atoms with Gasteiger partial charge in [-0.05, 0) is 12.8 Å². The third-order valence-electron chi connectivity index (χ3n) is 4.05. The molecule has 0 fully saturated rings. The predicted molar refractivity (Wildman–Crippen MR) is 74.6 cm³/mol. The number of hydrogen-bond acceptors (Lipinski definition) is 4. The van der Waals surface area contributed by atoms with Crippen molar-refractivity contribution in [2.24, 2.45) is 0 Å². The van der Waals surface area contributed by atoms with Crippen molar-refractivity contribution in [2.45, 2.75) is 38.8 Å². The highest BCUT2D eigenvalue weighted by atomic mass is 15.3. The SMILES string of the molecule is N#Cc1cnn2ccn(Cc3nnc4n3CCCCC4)c12. The van der Waals surface area contributed by atoms with Gasteiger partial charge in [0.2, 0.25) is 0 Å². The zero-order chi connectivity index (χ0) is 14.2. The van der Waals surface area contributed by atoms with Crippen LogP contribution in [-0.4, -0.2) is 28.9 Å².